The lowest BCUT2D eigenvalue weighted by atomic mass is 9.52. The molecule has 4 saturated carbocycles. The molecule has 0 radical (unpaired) electrons. The van der Waals surface area contributed by atoms with E-state index in [2.05, 4.69) is 13.5 Å². The summed E-state index contributed by atoms with van der Waals surface area (Å²) in [6.45, 7) is 10.4. The van der Waals surface area contributed by atoms with Gasteiger partial charge in [-0.15, -0.1) is 0 Å². The van der Waals surface area contributed by atoms with E-state index in [0.29, 0.717) is 22.8 Å². The van der Waals surface area contributed by atoms with Gasteiger partial charge in [0.05, 0.1) is 18.8 Å². The average Bonchev–Trinajstić information content (AvgIpc) is 2.51. The van der Waals surface area contributed by atoms with Gasteiger partial charge in [0.25, 0.3) is 0 Å². The van der Waals surface area contributed by atoms with Crippen molar-refractivity contribution in [3.8, 4) is 0 Å². The van der Waals surface area contributed by atoms with Crippen LogP contribution in [0.15, 0.2) is 12.2 Å². The number of ether oxygens (including phenoxy) is 3. The van der Waals surface area contributed by atoms with Crippen molar-refractivity contribution in [3.05, 3.63) is 12.2 Å². The third kappa shape index (κ3) is 3.35. The minimum Gasteiger partial charge on any atom is -0.456 e. The lowest BCUT2D eigenvalue weighted by Gasteiger charge is -2.60. The predicted octanol–water partition coefficient (Wildman–Crippen LogP) is 4.42. The van der Waals surface area contributed by atoms with Gasteiger partial charge >= 0.3 is 5.97 Å². The van der Waals surface area contributed by atoms with Crippen molar-refractivity contribution >= 4 is 5.97 Å². The zero-order valence-electron chi connectivity index (χ0n) is 16.5. The largest absolute Gasteiger partial charge is 0.456 e. The van der Waals surface area contributed by atoms with E-state index in [-0.39, 0.29) is 17.2 Å². The molecule has 1 heterocycles. The quantitative estimate of drug-likeness (QED) is 0.364. The van der Waals surface area contributed by atoms with Gasteiger partial charge < -0.3 is 14.2 Å². The van der Waals surface area contributed by atoms with Gasteiger partial charge in [0.15, 0.2) is 0 Å². The van der Waals surface area contributed by atoms with Crippen molar-refractivity contribution in [1.82, 2.24) is 0 Å². The van der Waals surface area contributed by atoms with Crippen LogP contribution in [0.2, 0.25) is 0 Å². The molecular weight excluding hydrogens is 328 g/mol. The minimum atomic E-state index is -0.299. The van der Waals surface area contributed by atoms with Crippen LogP contribution in [-0.4, -0.2) is 37.0 Å². The number of rotatable bonds is 8. The Morgan fingerprint density at radius 1 is 1.15 bits per heavy atom. The van der Waals surface area contributed by atoms with Crippen molar-refractivity contribution < 1.29 is 19.0 Å². The fraction of sp³-hybridized carbons (Fsp3) is 0.864. The summed E-state index contributed by atoms with van der Waals surface area (Å²) in [7, 11) is 0. The fourth-order valence-corrected chi connectivity index (χ4v) is 6.32. The first-order valence-corrected chi connectivity index (χ1v) is 10.5. The van der Waals surface area contributed by atoms with Crippen molar-refractivity contribution in [1.29, 1.82) is 0 Å². The van der Waals surface area contributed by atoms with Crippen LogP contribution in [0.1, 0.15) is 71.6 Å². The van der Waals surface area contributed by atoms with Crippen molar-refractivity contribution in [2.24, 2.45) is 17.3 Å². The Morgan fingerprint density at radius 3 is 2.35 bits per heavy atom. The minimum absolute atomic E-state index is 0.0606. The third-order valence-electron chi connectivity index (χ3n) is 7.44. The maximum absolute atomic E-state index is 12.2. The highest BCUT2D eigenvalue weighted by Gasteiger charge is 2.60. The third-order valence-corrected chi connectivity index (χ3v) is 7.44. The number of carbonyl (C=O) groups excluding carboxylic acids is 1. The molecule has 0 N–H and O–H groups in total. The molecule has 0 amide bonds. The summed E-state index contributed by atoms with van der Waals surface area (Å²) in [6, 6.07) is 0. The molecule has 4 nitrogen and oxygen atoms in total. The Bertz CT molecular complexity index is 557. The molecule has 0 aromatic carbocycles. The second-order valence-electron chi connectivity index (χ2n) is 9.80. The molecule has 0 spiro atoms. The lowest BCUT2D eigenvalue weighted by molar-refractivity contribution is -0.232. The number of hydrogen-bond donors (Lipinski definition) is 0. The lowest BCUT2D eigenvalue weighted by Crippen LogP contribution is -2.61. The molecule has 2 atom stereocenters. The van der Waals surface area contributed by atoms with Gasteiger partial charge in [0, 0.05) is 24.0 Å². The highest BCUT2D eigenvalue weighted by atomic mass is 16.6. The zero-order chi connectivity index (χ0) is 18.4. The van der Waals surface area contributed by atoms with Crippen LogP contribution in [0.25, 0.3) is 0 Å². The predicted molar refractivity (Wildman–Crippen MR) is 99.8 cm³/mol. The van der Waals surface area contributed by atoms with Gasteiger partial charge in [-0.3, -0.25) is 0 Å². The molecule has 26 heavy (non-hydrogen) atoms. The summed E-state index contributed by atoms with van der Waals surface area (Å²) in [4.78, 5) is 12.2. The number of hydrogen-bond acceptors (Lipinski definition) is 4. The van der Waals surface area contributed by atoms with E-state index < -0.39 is 0 Å². The monoisotopic (exact) mass is 362 g/mol. The van der Waals surface area contributed by atoms with Crippen LogP contribution in [-0.2, 0) is 19.0 Å². The smallest absolute Gasteiger partial charge is 0.333 e. The van der Waals surface area contributed by atoms with Crippen molar-refractivity contribution in [2.45, 2.75) is 82.8 Å². The van der Waals surface area contributed by atoms with Crippen LogP contribution in [0.5, 0.6) is 0 Å². The molecule has 1 aliphatic heterocycles. The van der Waals surface area contributed by atoms with E-state index in [0.717, 1.165) is 58.3 Å². The van der Waals surface area contributed by atoms with Crippen LogP contribution >= 0.6 is 0 Å². The van der Waals surface area contributed by atoms with Gasteiger partial charge in [-0.2, -0.15) is 0 Å². The van der Waals surface area contributed by atoms with Crippen LogP contribution in [0.3, 0.4) is 0 Å². The Labute approximate surface area is 157 Å². The molecule has 0 aromatic rings. The second kappa shape index (κ2) is 6.63. The van der Waals surface area contributed by atoms with E-state index in [1.165, 1.54) is 19.3 Å². The van der Waals surface area contributed by atoms with Crippen molar-refractivity contribution in [2.75, 3.05) is 19.8 Å². The summed E-state index contributed by atoms with van der Waals surface area (Å²) in [5.74, 6) is 1.07. The highest BCUT2D eigenvalue weighted by Crippen LogP contribution is 2.60. The summed E-state index contributed by atoms with van der Waals surface area (Å²) < 4.78 is 18.0. The Morgan fingerprint density at radius 2 is 1.81 bits per heavy atom. The maximum atomic E-state index is 12.2. The molecule has 4 heteroatoms. The maximum Gasteiger partial charge on any atom is 0.333 e. The first-order chi connectivity index (χ1) is 12.4. The van der Waals surface area contributed by atoms with E-state index >= 15 is 0 Å². The van der Waals surface area contributed by atoms with Gasteiger partial charge in [-0.25, -0.2) is 4.79 Å². The summed E-state index contributed by atoms with van der Waals surface area (Å²) >= 11 is 0. The molecular formula is C22H34O4. The standard InChI is InChI=1S/C22H34O4/c1-4-20(14-24-15-20)6-5-7-25-21-9-17-8-18(10-21)12-22(11-17,13-21)26-19(23)16(2)3/h17-18H,2,4-15H2,1,3H3. The van der Waals surface area contributed by atoms with Crippen LogP contribution < -0.4 is 0 Å². The van der Waals surface area contributed by atoms with Crippen molar-refractivity contribution in [3.63, 3.8) is 0 Å². The summed E-state index contributed by atoms with van der Waals surface area (Å²) in [5.41, 5.74) is 0.549. The molecule has 146 valence electrons. The molecule has 5 fully saturated rings. The number of carbonyl (C=O) groups is 1. The van der Waals surface area contributed by atoms with E-state index in [1.54, 1.807) is 6.92 Å². The molecule has 2 unspecified atom stereocenters. The van der Waals surface area contributed by atoms with Gasteiger partial charge in [0.2, 0.25) is 0 Å². The normalized spacial score (nSPS) is 39.5. The molecule has 4 aliphatic carbocycles. The highest BCUT2D eigenvalue weighted by molar-refractivity contribution is 5.87. The van der Waals surface area contributed by atoms with Gasteiger partial charge in [-0.1, -0.05) is 13.5 Å². The Kier molecular flexibility index (Phi) is 4.71. The topological polar surface area (TPSA) is 44.8 Å². The first-order valence-electron chi connectivity index (χ1n) is 10.5. The number of esters is 1. The van der Waals surface area contributed by atoms with E-state index in [1.807, 2.05) is 0 Å². The SMILES string of the molecule is C=C(C)C(=O)OC12CC3CC(CC(OCCCC4(CC)COC4)(C3)C1)C2. The van der Waals surface area contributed by atoms with Crippen LogP contribution in [0.4, 0.5) is 0 Å². The summed E-state index contributed by atoms with van der Waals surface area (Å²) in [6.07, 6.45) is 10.0. The van der Waals surface area contributed by atoms with E-state index in [4.69, 9.17) is 14.2 Å². The molecule has 0 aromatic heterocycles. The van der Waals surface area contributed by atoms with E-state index in [9.17, 15) is 4.79 Å². The molecule has 4 bridgehead atoms. The zero-order valence-corrected chi connectivity index (χ0v) is 16.5. The fourth-order valence-electron chi connectivity index (χ4n) is 6.32. The molecule has 5 aliphatic rings. The first kappa shape index (κ1) is 18.5. The average molecular weight is 363 g/mol. The molecule has 1 saturated heterocycles. The second-order valence-corrected chi connectivity index (χ2v) is 9.80. The van der Waals surface area contributed by atoms with Gasteiger partial charge in [-0.05, 0) is 70.1 Å². The Hall–Kier alpha value is -0.870. The molecule has 5 rings (SSSR count). The Balaban J connectivity index is 1.37. The summed E-state index contributed by atoms with van der Waals surface area (Å²) in [5, 5.41) is 0. The van der Waals surface area contributed by atoms with Crippen LogP contribution in [0, 0.1) is 17.3 Å². The van der Waals surface area contributed by atoms with Gasteiger partial charge in [0.1, 0.15) is 5.60 Å².